The van der Waals surface area contributed by atoms with Crippen LogP contribution in [0.4, 0.5) is 0 Å². The topological polar surface area (TPSA) is 37.8 Å². The van der Waals surface area contributed by atoms with E-state index < -0.39 is 0 Å². The van der Waals surface area contributed by atoms with Crippen LogP contribution in [0.3, 0.4) is 0 Å². The lowest BCUT2D eigenvalue weighted by atomic mass is 9.81. The molecule has 1 unspecified atom stereocenters. The van der Waals surface area contributed by atoms with Crippen molar-refractivity contribution in [2.24, 2.45) is 0 Å². The van der Waals surface area contributed by atoms with Crippen LogP contribution in [-0.2, 0) is 5.41 Å². The number of nitrogens with zero attached hydrogens (tertiary/aromatic N) is 2. The Labute approximate surface area is 272 Å². The monoisotopic (exact) mass is 599 g/mol. The van der Waals surface area contributed by atoms with Crippen molar-refractivity contribution >= 4 is 49.0 Å². The van der Waals surface area contributed by atoms with Crippen LogP contribution in [0, 0.1) is 0 Å². The highest BCUT2D eigenvalue weighted by molar-refractivity contribution is 6.25. The third kappa shape index (κ3) is 5.57. The van der Waals surface area contributed by atoms with E-state index in [0.29, 0.717) is 0 Å². The molecule has 3 heterocycles. The van der Waals surface area contributed by atoms with Crippen molar-refractivity contribution in [3.8, 4) is 0 Å². The largest absolute Gasteiger partial charge is 0.306 e. The molecule has 3 nitrogen and oxygen atoms in total. The van der Waals surface area contributed by atoms with Crippen molar-refractivity contribution in [1.29, 1.82) is 0 Å². The minimum absolute atomic E-state index is 0.0749. The Morgan fingerprint density at radius 3 is 2.26 bits per heavy atom. The molecular weight excluding hydrogens is 558 g/mol. The van der Waals surface area contributed by atoms with Gasteiger partial charge in [0.2, 0.25) is 0 Å². The molecule has 228 valence electrons. The van der Waals surface area contributed by atoms with E-state index in [1.54, 1.807) is 0 Å². The zero-order chi connectivity index (χ0) is 31.8. The van der Waals surface area contributed by atoms with Crippen molar-refractivity contribution in [3.63, 3.8) is 0 Å². The van der Waals surface area contributed by atoms with E-state index in [-0.39, 0.29) is 11.5 Å². The zero-order valence-corrected chi connectivity index (χ0v) is 27.3. The van der Waals surface area contributed by atoms with Gasteiger partial charge in [0.05, 0.1) is 11.4 Å². The van der Waals surface area contributed by atoms with Crippen molar-refractivity contribution in [2.45, 2.75) is 52.0 Å². The standard InChI is InChI=1S/C43H41N3/c1-6-29(38-11-7-9-22-44-38)14-13-28(2)36-27-37(40-20-17-30(21-24-46-40)39-12-8-10-23-45-39)35-19-16-32-26-33(43(3,4)5)25-31-15-18-34(36)42(35)41(31)32/h6-16,18-19,21-23,25-27,40,46H,1,17,20,24H2,2-5H3/b28-13+,29-14+. The Kier molecular flexibility index (Phi) is 7.88. The van der Waals surface area contributed by atoms with Gasteiger partial charge >= 0.3 is 0 Å². The van der Waals surface area contributed by atoms with Gasteiger partial charge in [0.25, 0.3) is 0 Å². The minimum Gasteiger partial charge on any atom is -0.306 e. The molecule has 0 spiro atoms. The van der Waals surface area contributed by atoms with E-state index >= 15 is 0 Å². The molecule has 1 N–H and O–H groups in total. The number of nitrogens with one attached hydrogen (secondary N) is 1. The normalized spacial score (nSPS) is 16.6. The molecule has 46 heavy (non-hydrogen) atoms. The second-order valence-electron chi connectivity index (χ2n) is 13.5. The van der Waals surface area contributed by atoms with Gasteiger partial charge in [0, 0.05) is 25.0 Å². The van der Waals surface area contributed by atoms with Gasteiger partial charge in [0.1, 0.15) is 0 Å². The Bertz CT molecular complexity index is 2130. The molecule has 6 aromatic rings. The fourth-order valence-corrected chi connectivity index (χ4v) is 6.97. The van der Waals surface area contributed by atoms with Crippen LogP contribution < -0.4 is 5.32 Å². The number of hydrogen-bond acceptors (Lipinski definition) is 3. The maximum absolute atomic E-state index is 4.65. The molecule has 0 fully saturated rings. The summed E-state index contributed by atoms with van der Waals surface area (Å²) in [7, 11) is 0. The minimum atomic E-state index is 0.0749. The molecule has 1 aliphatic rings. The smallest absolute Gasteiger partial charge is 0.0701 e. The predicted octanol–water partition coefficient (Wildman–Crippen LogP) is 10.9. The summed E-state index contributed by atoms with van der Waals surface area (Å²) in [5.74, 6) is 0. The molecule has 3 heteroatoms. The van der Waals surface area contributed by atoms with Crippen LogP contribution in [-0.4, -0.2) is 16.5 Å². The van der Waals surface area contributed by atoms with Gasteiger partial charge in [-0.15, -0.1) is 0 Å². The SMILES string of the molecule is C=C/C(=C\C=C(/C)c1cc(C2CCC(c3ccccn3)=CCN2)c2ccc3cc(C(C)(C)C)cc4ccc1c2c43)c1ccccn1. The molecule has 0 amide bonds. The van der Waals surface area contributed by atoms with E-state index in [0.717, 1.165) is 36.3 Å². The lowest BCUT2D eigenvalue weighted by Gasteiger charge is -2.25. The molecular formula is C43H41N3. The van der Waals surface area contributed by atoms with Crippen molar-refractivity contribution in [2.75, 3.05) is 6.54 Å². The van der Waals surface area contributed by atoms with Gasteiger partial charge in [-0.3, -0.25) is 9.97 Å². The molecule has 0 saturated carbocycles. The zero-order valence-electron chi connectivity index (χ0n) is 27.3. The summed E-state index contributed by atoms with van der Waals surface area (Å²) in [4.78, 5) is 9.21. The van der Waals surface area contributed by atoms with Gasteiger partial charge in [-0.2, -0.15) is 0 Å². The maximum Gasteiger partial charge on any atom is 0.0701 e. The molecule has 2 aromatic heterocycles. The van der Waals surface area contributed by atoms with E-state index in [9.17, 15) is 0 Å². The van der Waals surface area contributed by atoms with Crippen LogP contribution in [0.1, 0.15) is 74.7 Å². The highest BCUT2D eigenvalue weighted by Gasteiger charge is 2.23. The lowest BCUT2D eigenvalue weighted by molar-refractivity contribution is 0.549. The number of hydrogen-bond donors (Lipinski definition) is 1. The fourth-order valence-electron chi connectivity index (χ4n) is 6.97. The number of pyridine rings is 2. The van der Waals surface area contributed by atoms with Gasteiger partial charge in [-0.1, -0.05) is 100 Å². The summed E-state index contributed by atoms with van der Waals surface area (Å²) in [5.41, 5.74) is 9.60. The van der Waals surface area contributed by atoms with Crippen LogP contribution >= 0.6 is 0 Å². The van der Waals surface area contributed by atoms with Crippen LogP contribution in [0.2, 0.25) is 0 Å². The van der Waals surface area contributed by atoms with Crippen LogP contribution in [0.25, 0.3) is 49.0 Å². The van der Waals surface area contributed by atoms with Crippen LogP contribution in [0.15, 0.2) is 122 Å². The summed E-state index contributed by atoms with van der Waals surface area (Å²) >= 11 is 0. The Hall–Kier alpha value is -4.86. The van der Waals surface area contributed by atoms with Gasteiger partial charge in [0.15, 0.2) is 0 Å². The molecule has 4 aromatic carbocycles. The summed E-state index contributed by atoms with van der Waals surface area (Å²) in [6.45, 7) is 14.0. The maximum atomic E-state index is 4.65. The molecule has 0 radical (unpaired) electrons. The average Bonchev–Trinajstić information content (AvgIpc) is 3.34. The molecule has 7 rings (SSSR count). The molecule has 0 bridgehead atoms. The Morgan fingerprint density at radius 1 is 0.848 bits per heavy atom. The molecule has 1 atom stereocenters. The third-order valence-corrected chi connectivity index (χ3v) is 9.52. The van der Waals surface area contributed by atoms with Crippen molar-refractivity contribution in [1.82, 2.24) is 15.3 Å². The predicted molar refractivity (Wildman–Crippen MR) is 197 cm³/mol. The van der Waals surface area contributed by atoms with E-state index in [1.807, 2.05) is 42.7 Å². The number of aromatic nitrogens is 2. The van der Waals surface area contributed by atoms with E-state index in [4.69, 9.17) is 0 Å². The Morgan fingerprint density at radius 2 is 1.59 bits per heavy atom. The summed E-state index contributed by atoms with van der Waals surface area (Å²) in [5, 5.41) is 11.9. The van der Waals surface area contributed by atoms with Crippen molar-refractivity contribution < 1.29 is 0 Å². The summed E-state index contributed by atoms with van der Waals surface area (Å²) < 4.78 is 0. The quantitative estimate of drug-likeness (QED) is 0.153. The molecule has 1 aliphatic heterocycles. The highest BCUT2D eigenvalue weighted by atomic mass is 14.9. The van der Waals surface area contributed by atoms with Gasteiger partial charge in [-0.05, 0) is 121 Å². The first-order valence-corrected chi connectivity index (χ1v) is 16.3. The van der Waals surface area contributed by atoms with Crippen molar-refractivity contribution in [3.05, 3.63) is 150 Å². The van der Waals surface area contributed by atoms with Crippen LogP contribution in [0.5, 0.6) is 0 Å². The first kappa shape index (κ1) is 29.8. The summed E-state index contributed by atoms with van der Waals surface area (Å²) in [6, 6.07) is 29.0. The number of benzene rings is 4. The second-order valence-corrected chi connectivity index (χ2v) is 13.5. The summed E-state index contributed by atoms with van der Waals surface area (Å²) in [6.07, 6.45) is 14.3. The third-order valence-electron chi connectivity index (χ3n) is 9.52. The van der Waals surface area contributed by atoms with Gasteiger partial charge in [-0.25, -0.2) is 0 Å². The molecule has 0 aliphatic carbocycles. The van der Waals surface area contributed by atoms with E-state index in [1.165, 1.54) is 60.2 Å². The Balaban J connectivity index is 1.40. The van der Waals surface area contributed by atoms with E-state index in [2.05, 4.69) is 122 Å². The molecule has 0 saturated heterocycles. The highest BCUT2D eigenvalue weighted by Crippen LogP contribution is 2.44. The fraction of sp³-hybridized carbons (Fsp3) is 0.209. The number of rotatable bonds is 6. The first-order valence-electron chi connectivity index (χ1n) is 16.3. The van der Waals surface area contributed by atoms with Gasteiger partial charge < -0.3 is 5.32 Å². The first-order chi connectivity index (χ1) is 22.3. The number of allylic oxidation sites excluding steroid dienone is 6. The lowest BCUT2D eigenvalue weighted by Crippen LogP contribution is -2.20. The average molecular weight is 600 g/mol. The second kappa shape index (κ2) is 12.2.